The maximum atomic E-state index is 13.0. The second-order valence-electron chi connectivity index (χ2n) is 9.59. The third-order valence-corrected chi connectivity index (χ3v) is 6.34. The Hall–Kier alpha value is -4.17. The van der Waals surface area contributed by atoms with E-state index in [9.17, 15) is 24.3 Å². The first-order chi connectivity index (χ1) is 19.0. The lowest BCUT2D eigenvalue weighted by atomic mass is 10.0. The molecule has 0 fully saturated rings. The van der Waals surface area contributed by atoms with Crippen molar-refractivity contribution < 1.29 is 24.3 Å². The van der Waals surface area contributed by atoms with Crippen LogP contribution in [-0.4, -0.2) is 77.0 Å². The van der Waals surface area contributed by atoms with E-state index < -0.39 is 47.9 Å². The average molecular weight is 560 g/mol. The SMILES string of the molecule is CC(NC(=O)C(N)Cc1c[nH]c2ccccc12)C(=O)NC(CCCCN)C(=O)NC(CCCN=C(N)N)C(=O)O. The van der Waals surface area contributed by atoms with Gasteiger partial charge in [0.15, 0.2) is 5.96 Å². The quantitative estimate of drug-likeness (QED) is 0.0638. The largest absolute Gasteiger partial charge is 0.480 e. The van der Waals surface area contributed by atoms with E-state index in [0.717, 1.165) is 16.5 Å². The summed E-state index contributed by atoms with van der Waals surface area (Å²) in [5.41, 5.74) is 24.0. The lowest BCUT2D eigenvalue weighted by Crippen LogP contribution is -2.56. The zero-order valence-electron chi connectivity index (χ0n) is 22.7. The molecule has 0 saturated heterocycles. The molecule has 1 aromatic carbocycles. The number of rotatable bonds is 17. The minimum Gasteiger partial charge on any atom is -0.480 e. The number of aromatic amines is 1. The van der Waals surface area contributed by atoms with Crippen molar-refractivity contribution in [3.63, 3.8) is 0 Å². The fourth-order valence-corrected chi connectivity index (χ4v) is 4.11. The molecule has 4 unspecified atom stereocenters. The third-order valence-electron chi connectivity index (χ3n) is 6.34. The lowest BCUT2D eigenvalue weighted by Gasteiger charge is -2.24. The van der Waals surface area contributed by atoms with Gasteiger partial charge in [0.1, 0.15) is 18.1 Å². The molecule has 0 bridgehead atoms. The molecule has 220 valence electrons. The van der Waals surface area contributed by atoms with Gasteiger partial charge < -0.3 is 49.0 Å². The Bertz CT molecular complexity index is 1180. The number of hydrogen-bond donors (Lipinski definition) is 9. The molecule has 1 heterocycles. The number of aliphatic carboxylic acids is 1. The zero-order chi connectivity index (χ0) is 29.7. The van der Waals surface area contributed by atoms with Crippen LogP contribution in [-0.2, 0) is 25.6 Å². The number of amides is 3. The van der Waals surface area contributed by atoms with Crippen LogP contribution in [0.25, 0.3) is 10.9 Å². The van der Waals surface area contributed by atoms with Crippen LogP contribution in [0.2, 0.25) is 0 Å². The van der Waals surface area contributed by atoms with Crippen molar-refractivity contribution >= 4 is 40.6 Å². The van der Waals surface area contributed by atoms with E-state index in [0.29, 0.717) is 25.8 Å². The Labute approximate surface area is 232 Å². The topological polar surface area (TPSA) is 257 Å². The van der Waals surface area contributed by atoms with E-state index in [4.69, 9.17) is 22.9 Å². The lowest BCUT2D eigenvalue weighted by molar-refractivity contribution is -0.142. The molecule has 0 radical (unpaired) electrons. The first-order valence-electron chi connectivity index (χ1n) is 13.2. The summed E-state index contributed by atoms with van der Waals surface area (Å²) >= 11 is 0. The number of H-pyrrole nitrogens is 1. The summed E-state index contributed by atoms with van der Waals surface area (Å²) in [6.07, 6.45) is 3.82. The van der Waals surface area contributed by atoms with Gasteiger partial charge in [-0.05, 0) is 63.6 Å². The molecule has 2 aromatic rings. The number of unbranched alkanes of at least 4 members (excludes halogenated alkanes) is 1. The van der Waals surface area contributed by atoms with Crippen LogP contribution < -0.4 is 38.9 Å². The van der Waals surface area contributed by atoms with Gasteiger partial charge >= 0.3 is 5.97 Å². The number of para-hydroxylation sites is 1. The van der Waals surface area contributed by atoms with E-state index in [1.54, 1.807) is 6.20 Å². The molecule has 0 saturated carbocycles. The Morgan fingerprint density at radius 1 is 0.950 bits per heavy atom. The maximum absolute atomic E-state index is 13.0. The molecule has 0 aliphatic heterocycles. The number of nitrogens with zero attached hydrogens (tertiary/aromatic N) is 1. The molecule has 0 aliphatic carbocycles. The van der Waals surface area contributed by atoms with Crippen molar-refractivity contribution in [3.05, 3.63) is 36.0 Å². The van der Waals surface area contributed by atoms with Crippen molar-refractivity contribution in [2.24, 2.45) is 27.9 Å². The normalized spacial score (nSPS) is 14.0. The van der Waals surface area contributed by atoms with E-state index in [1.165, 1.54) is 6.92 Å². The van der Waals surface area contributed by atoms with Crippen molar-refractivity contribution in [2.45, 2.75) is 69.6 Å². The van der Waals surface area contributed by atoms with Gasteiger partial charge in [-0.3, -0.25) is 19.4 Å². The molecule has 3 amide bonds. The second-order valence-corrected chi connectivity index (χ2v) is 9.59. The molecule has 13 N–H and O–H groups in total. The second kappa shape index (κ2) is 16.1. The third kappa shape index (κ3) is 10.2. The highest BCUT2D eigenvalue weighted by atomic mass is 16.4. The number of nitrogens with one attached hydrogen (secondary N) is 4. The van der Waals surface area contributed by atoms with Gasteiger partial charge in [0, 0.05) is 23.6 Å². The van der Waals surface area contributed by atoms with Gasteiger partial charge in [-0.15, -0.1) is 0 Å². The molecule has 0 aliphatic rings. The highest BCUT2D eigenvalue weighted by Gasteiger charge is 2.28. The Morgan fingerprint density at radius 3 is 2.30 bits per heavy atom. The highest BCUT2D eigenvalue weighted by Crippen LogP contribution is 2.18. The van der Waals surface area contributed by atoms with Gasteiger partial charge in [-0.2, -0.15) is 0 Å². The number of guanidine groups is 1. The van der Waals surface area contributed by atoms with Crippen molar-refractivity contribution in [1.82, 2.24) is 20.9 Å². The fraction of sp³-hybridized carbons (Fsp3) is 0.500. The monoisotopic (exact) mass is 559 g/mol. The summed E-state index contributed by atoms with van der Waals surface area (Å²) in [6, 6.07) is 3.50. The smallest absolute Gasteiger partial charge is 0.326 e. The number of carboxylic acids is 1. The van der Waals surface area contributed by atoms with Crippen molar-refractivity contribution in [3.8, 4) is 0 Å². The Morgan fingerprint density at radius 2 is 1.62 bits per heavy atom. The van der Waals surface area contributed by atoms with Crippen LogP contribution in [0, 0.1) is 0 Å². The number of carboxylic acid groups (broad SMARTS) is 1. The van der Waals surface area contributed by atoms with E-state index in [-0.39, 0.29) is 31.8 Å². The molecule has 1 aromatic heterocycles. The molecule has 0 spiro atoms. The number of hydrogen-bond acceptors (Lipinski definition) is 7. The predicted molar refractivity (Wildman–Crippen MR) is 152 cm³/mol. The Kier molecular flexibility index (Phi) is 12.9. The number of benzene rings is 1. The van der Waals surface area contributed by atoms with E-state index >= 15 is 0 Å². The van der Waals surface area contributed by atoms with Gasteiger partial charge in [0.05, 0.1) is 6.04 Å². The number of aliphatic imine (C=N–C) groups is 1. The minimum absolute atomic E-state index is 0.0854. The molecular weight excluding hydrogens is 518 g/mol. The van der Waals surface area contributed by atoms with E-state index in [2.05, 4.69) is 25.9 Å². The summed E-state index contributed by atoms with van der Waals surface area (Å²) in [4.78, 5) is 57.2. The molecule has 14 nitrogen and oxygen atoms in total. The van der Waals surface area contributed by atoms with Crippen molar-refractivity contribution in [2.75, 3.05) is 13.1 Å². The minimum atomic E-state index is -1.23. The predicted octanol–water partition coefficient (Wildman–Crippen LogP) is -1.22. The molecule has 4 atom stereocenters. The highest BCUT2D eigenvalue weighted by molar-refractivity contribution is 5.94. The zero-order valence-corrected chi connectivity index (χ0v) is 22.7. The molecule has 40 heavy (non-hydrogen) atoms. The summed E-state index contributed by atoms with van der Waals surface area (Å²) in [5.74, 6) is -3.13. The number of carbonyl (C=O) groups excluding carboxylic acids is 3. The van der Waals surface area contributed by atoms with Gasteiger partial charge in [0.25, 0.3) is 0 Å². The standard InChI is InChI=1S/C26H41N9O5/c1-15(33-23(37)18(28)13-16-14-32-19-8-3-2-7-17(16)19)22(36)34-20(9-4-5-11-27)24(38)35-21(25(39)40)10-6-12-31-26(29)30/h2-3,7-8,14-15,18,20-21,32H,4-6,9-13,27-28H2,1H3,(H,33,37)(H,34,36)(H,35,38)(H,39,40)(H4,29,30,31). The summed E-state index contributed by atoms with van der Waals surface area (Å²) in [6.45, 7) is 2.08. The van der Waals surface area contributed by atoms with Crippen LogP contribution in [0.15, 0.2) is 35.5 Å². The first-order valence-corrected chi connectivity index (χ1v) is 13.2. The number of aromatic nitrogens is 1. The molecule has 2 rings (SSSR count). The van der Waals surface area contributed by atoms with Gasteiger partial charge in [-0.25, -0.2) is 4.79 Å². The van der Waals surface area contributed by atoms with Crippen LogP contribution >= 0.6 is 0 Å². The number of nitrogens with two attached hydrogens (primary N) is 4. The van der Waals surface area contributed by atoms with Crippen LogP contribution in [0.4, 0.5) is 0 Å². The summed E-state index contributed by atoms with van der Waals surface area (Å²) in [5, 5.41) is 18.2. The summed E-state index contributed by atoms with van der Waals surface area (Å²) < 4.78 is 0. The number of carbonyl (C=O) groups is 4. The Balaban J connectivity index is 1.97. The molecule has 14 heteroatoms. The van der Waals surface area contributed by atoms with Crippen LogP contribution in [0.3, 0.4) is 0 Å². The maximum Gasteiger partial charge on any atom is 0.326 e. The van der Waals surface area contributed by atoms with Crippen molar-refractivity contribution in [1.29, 1.82) is 0 Å². The van der Waals surface area contributed by atoms with Gasteiger partial charge in [-0.1, -0.05) is 18.2 Å². The first kappa shape index (κ1) is 32.0. The van der Waals surface area contributed by atoms with Crippen LogP contribution in [0.5, 0.6) is 0 Å². The van der Waals surface area contributed by atoms with Gasteiger partial charge in [0.2, 0.25) is 17.7 Å². The van der Waals surface area contributed by atoms with E-state index in [1.807, 2.05) is 24.3 Å². The molecular formula is C26H41N9O5. The van der Waals surface area contributed by atoms with Crippen LogP contribution in [0.1, 0.15) is 44.6 Å². The average Bonchev–Trinajstić information content (AvgIpc) is 3.31. The number of fused-ring (bicyclic) bond motifs is 1. The fourth-order valence-electron chi connectivity index (χ4n) is 4.11. The summed E-state index contributed by atoms with van der Waals surface area (Å²) in [7, 11) is 0.